The molecule has 0 saturated heterocycles. The van der Waals surface area contributed by atoms with Crippen molar-refractivity contribution >= 4 is 23.8 Å². The van der Waals surface area contributed by atoms with Crippen LogP contribution in [-0.4, -0.2) is 45.5 Å². The summed E-state index contributed by atoms with van der Waals surface area (Å²) < 4.78 is 6.89. The summed E-state index contributed by atoms with van der Waals surface area (Å²) in [6.45, 7) is 2.13. The van der Waals surface area contributed by atoms with Crippen LogP contribution < -0.4 is 10.6 Å². The fourth-order valence-corrected chi connectivity index (χ4v) is 4.53. The highest BCUT2D eigenvalue weighted by Crippen LogP contribution is 2.44. The monoisotopic (exact) mass is 476 g/mol. The number of carboxylic acid groups (broad SMARTS) is 1. The van der Waals surface area contributed by atoms with Crippen molar-refractivity contribution in [3.05, 3.63) is 71.4 Å². The predicted molar refractivity (Wildman–Crippen MR) is 130 cm³/mol. The smallest absolute Gasteiger partial charge is 0.407 e. The van der Waals surface area contributed by atoms with Gasteiger partial charge in [0.2, 0.25) is 5.91 Å². The molecule has 0 saturated carbocycles. The van der Waals surface area contributed by atoms with Crippen LogP contribution in [0.15, 0.2) is 54.7 Å². The zero-order valence-electron chi connectivity index (χ0n) is 19.7. The molecule has 1 heterocycles. The molecule has 0 unspecified atom stereocenters. The van der Waals surface area contributed by atoms with E-state index in [0.717, 1.165) is 28.7 Å². The number of aromatic nitrogens is 2. The van der Waals surface area contributed by atoms with Crippen molar-refractivity contribution in [2.45, 2.75) is 38.1 Å². The Balaban J connectivity index is 1.37. The van der Waals surface area contributed by atoms with Crippen LogP contribution in [0.2, 0.25) is 0 Å². The maximum atomic E-state index is 12.6. The first-order chi connectivity index (χ1) is 16.9. The number of hydrogen-bond donors (Lipinski definition) is 3. The summed E-state index contributed by atoms with van der Waals surface area (Å²) in [7, 11) is 1.54. The van der Waals surface area contributed by atoms with Gasteiger partial charge in [0.15, 0.2) is 0 Å². The third kappa shape index (κ3) is 5.18. The average Bonchev–Trinajstić information content (AvgIpc) is 3.35. The van der Waals surface area contributed by atoms with Gasteiger partial charge in [-0.2, -0.15) is 5.10 Å². The first-order valence-electron chi connectivity index (χ1n) is 11.6. The molecule has 35 heavy (non-hydrogen) atoms. The zero-order valence-corrected chi connectivity index (χ0v) is 19.7. The summed E-state index contributed by atoms with van der Waals surface area (Å²) in [5, 5.41) is 18.5. The fraction of sp³-hybridized carbons (Fsp3) is 0.308. The van der Waals surface area contributed by atoms with Gasteiger partial charge >= 0.3 is 12.1 Å². The Bertz CT molecular complexity index is 1210. The Hall–Kier alpha value is -4.14. The second-order valence-corrected chi connectivity index (χ2v) is 8.54. The maximum absolute atomic E-state index is 12.6. The lowest BCUT2D eigenvalue weighted by molar-refractivity contribution is -0.116. The Morgan fingerprint density at radius 2 is 1.71 bits per heavy atom. The first kappa shape index (κ1) is 24.0. The van der Waals surface area contributed by atoms with Crippen LogP contribution in [0.3, 0.4) is 0 Å². The lowest BCUT2D eigenvalue weighted by atomic mass is 9.98. The van der Waals surface area contributed by atoms with Gasteiger partial charge in [0.25, 0.3) is 0 Å². The second-order valence-electron chi connectivity index (χ2n) is 8.54. The van der Waals surface area contributed by atoms with E-state index in [1.165, 1.54) is 10.9 Å². The van der Waals surface area contributed by atoms with Gasteiger partial charge in [-0.25, -0.2) is 9.59 Å². The average molecular weight is 477 g/mol. The summed E-state index contributed by atoms with van der Waals surface area (Å²) in [6.07, 6.45) is 1.87. The summed E-state index contributed by atoms with van der Waals surface area (Å²) in [5.41, 5.74) is 4.44. The molecule has 0 fully saturated rings. The normalized spacial score (nSPS) is 13.0. The number of amides is 2. The Kier molecular flexibility index (Phi) is 7.14. The number of carbonyl (C=O) groups is 3. The van der Waals surface area contributed by atoms with Gasteiger partial charge < -0.3 is 20.5 Å². The van der Waals surface area contributed by atoms with E-state index in [1.54, 1.807) is 7.05 Å². The minimum absolute atomic E-state index is 0.0255. The third-order valence-electron chi connectivity index (χ3n) is 6.16. The molecule has 2 amide bonds. The summed E-state index contributed by atoms with van der Waals surface area (Å²) in [4.78, 5) is 36.6. The van der Waals surface area contributed by atoms with Gasteiger partial charge in [0, 0.05) is 25.4 Å². The maximum Gasteiger partial charge on any atom is 0.407 e. The van der Waals surface area contributed by atoms with Crippen LogP contribution in [0.5, 0.6) is 0 Å². The van der Waals surface area contributed by atoms with Gasteiger partial charge in [-0.05, 0) is 28.7 Å². The molecule has 1 aliphatic carbocycles. The number of aromatic carboxylic acids is 1. The number of benzene rings is 2. The second kappa shape index (κ2) is 10.4. The quantitative estimate of drug-likeness (QED) is 0.426. The topological polar surface area (TPSA) is 123 Å². The van der Waals surface area contributed by atoms with Gasteiger partial charge in [-0.1, -0.05) is 61.9 Å². The highest BCUT2D eigenvalue weighted by molar-refractivity contribution is 5.99. The van der Waals surface area contributed by atoms with Crippen LogP contribution in [-0.2, 0) is 16.6 Å². The summed E-state index contributed by atoms with van der Waals surface area (Å²) in [6, 6.07) is 15.7. The molecule has 0 radical (unpaired) electrons. The molecule has 4 rings (SSSR count). The molecule has 1 atom stereocenters. The van der Waals surface area contributed by atoms with Crippen molar-refractivity contribution in [3.8, 4) is 11.1 Å². The van der Waals surface area contributed by atoms with Gasteiger partial charge in [-0.15, -0.1) is 0 Å². The molecule has 1 aromatic heterocycles. The van der Waals surface area contributed by atoms with Crippen LogP contribution in [0.1, 0.15) is 53.6 Å². The van der Waals surface area contributed by atoms with Crippen molar-refractivity contribution in [1.29, 1.82) is 0 Å². The van der Waals surface area contributed by atoms with E-state index in [4.69, 9.17) is 4.74 Å². The van der Waals surface area contributed by atoms with E-state index < -0.39 is 24.0 Å². The molecule has 1 aliphatic rings. The van der Waals surface area contributed by atoms with Crippen molar-refractivity contribution in [2.24, 2.45) is 7.05 Å². The highest BCUT2D eigenvalue weighted by atomic mass is 16.5. The Labute approximate surface area is 203 Å². The van der Waals surface area contributed by atoms with Crippen molar-refractivity contribution in [3.63, 3.8) is 0 Å². The molecule has 0 aliphatic heterocycles. The first-order valence-corrected chi connectivity index (χ1v) is 11.6. The molecule has 2 aromatic carbocycles. The van der Waals surface area contributed by atoms with E-state index in [1.807, 2.05) is 31.2 Å². The molecule has 9 nitrogen and oxygen atoms in total. The van der Waals surface area contributed by atoms with E-state index in [9.17, 15) is 19.5 Å². The van der Waals surface area contributed by atoms with Crippen LogP contribution in [0.25, 0.3) is 11.1 Å². The standard InChI is InChI=1S/C26H28N4O5/c1-3-8-16(13-23(31)29-24-21(25(32)33)14-27-30(24)2)28-26(34)35-15-22-19-11-6-4-9-17(19)18-10-5-7-12-20(18)22/h4-7,9-12,14,16,22H,3,8,13,15H2,1-2H3,(H,28,34)(H,29,31)(H,32,33)/t16-/m1/s1. The van der Waals surface area contributed by atoms with E-state index >= 15 is 0 Å². The van der Waals surface area contributed by atoms with E-state index in [-0.39, 0.29) is 30.3 Å². The number of fused-ring (bicyclic) bond motifs is 3. The number of ether oxygens (including phenoxy) is 1. The molecule has 3 N–H and O–H groups in total. The van der Waals surface area contributed by atoms with E-state index in [0.29, 0.717) is 6.42 Å². The van der Waals surface area contributed by atoms with Gasteiger partial charge in [0.1, 0.15) is 18.0 Å². The Morgan fingerprint density at radius 1 is 1.09 bits per heavy atom. The number of alkyl carbamates (subject to hydrolysis) is 1. The molecule has 3 aromatic rings. The molecule has 0 bridgehead atoms. The minimum atomic E-state index is -1.18. The highest BCUT2D eigenvalue weighted by Gasteiger charge is 2.29. The minimum Gasteiger partial charge on any atom is -0.477 e. The van der Waals surface area contributed by atoms with Crippen molar-refractivity contribution in [1.82, 2.24) is 15.1 Å². The van der Waals surface area contributed by atoms with Gasteiger partial charge in [0.05, 0.1) is 6.20 Å². The number of hydrogen-bond acceptors (Lipinski definition) is 5. The molecular formula is C26H28N4O5. The summed E-state index contributed by atoms with van der Waals surface area (Å²) >= 11 is 0. The van der Waals surface area contributed by atoms with Gasteiger partial charge in [-0.3, -0.25) is 9.48 Å². The van der Waals surface area contributed by atoms with Crippen LogP contribution in [0.4, 0.5) is 10.6 Å². The Morgan fingerprint density at radius 3 is 2.31 bits per heavy atom. The molecular weight excluding hydrogens is 448 g/mol. The molecule has 9 heteroatoms. The van der Waals surface area contributed by atoms with E-state index in [2.05, 4.69) is 40.0 Å². The van der Waals surface area contributed by atoms with Crippen LogP contribution >= 0.6 is 0 Å². The number of carboxylic acids is 1. The number of carbonyl (C=O) groups excluding carboxylic acids is 2. The fourth-order valence-electron chi connectivity index (χ4n) is 4.53. The molecule has 0 spiro atoms. The van der Waals surface area contributed by atoms with Crippen LogP contribution in [0, 0.1) is 0 Å². The number of anilines is 1. The lowest BCUT2D eigenvalue weighted by Gasteiger charge is -2.19. The lowest BCUT2D eigenvalue weighted by Crippen LogP contribution is -2.38. The van der Waals surface area contributed by atoms with Crippen molar-refractivity contribution < 1.29 is 24.2 Å². The number of rotatable bonds is 9. The third-order valence-corrected chi connectivity index (χ3v) is 6.16. The number of nitrogens with one attached hydrogen (secondary N) is 2. The predicted octanol–water partition coefficient (Wildman–Crippen LogP) is 4.15. The largest absolute Gasteiger partial charge is 0.477 e. The number of aryl methyl sites for hydroxylation is 1. The SMILES string of the molecule is CCC[C@H](CC(=O)Nc1c(C(=O)O)cnn1C)NC(=O)OCC1c2ccccc2-c2ccccc21. The molecule has 182 valence electrons. The number of nitrogens with zero attached hydrogens (tertiary/aromatic N) is 2. The van der Waals surface area contributed by atoms with Crippen molar-refractivity contribution in [2.75, 3.05) is 11.9 Å². The summed E-state index contributed by atoms with van der Waals surface area (Å²) in [5.74, 6) is -1.57. The zero-order chi connectivity index (χ0) is 24.9.